The first-order valence-corrected chi connectivity index (χ1v) is 4.28. The lowest BCUT2D eigenvalue weighted by Crippen LogP contribution is -2.44. The van der Waals surface area contributed by atoms with Crippen LogP contribution in [0.3, 0.4) is 0 Å². The summed E-state index contributed by atoms with van der Waals surface area (Å²) in [4.78, 5) is 12.4. The number of rotatable bonds is 4. The van der Waals surface area contributed by atoms with Crippen LogP contribution in [0.1, 0.15) is 27.2 Å². The summed E-state index contributed by atoms with van der Waals surface area (Å²) in [6.07, 6.45) is 5.71. The highest BCUT2D eigenvalue weighted by Gasteiger charge is 2.22. The van der Waals surface area contributed by atoms with Crippen LogP contribution in [0.4, 0.5) is 0 Å². The van der Waals surface area contributed by atoms with Gasteiger partial charge in [-0.2, -0.15) is 0 Å². The average molecular weight is 183 g/mol. The molecule has 0 radical (unpaired) electrons. The SMILES string of the molecule is C#CCCN(CC(=O)O)C(C)(C)C. The van der Waals surface area contributed by atoms with Crippen molar-refractivity contribution >= 4 is 5.97 Å². The van der Waals surface area contributed by atoms with E-state index in [9.17, 15) is 4.79 Å². The quantitative estimate of drug-likeness (QED) is 0.666. The molecular weight excluding hydrogens is 166 g/mol. The number of hydrogen-bond donors (Lipinski definition) is 1. The molecule has 0 unspecified atom stereocenters. The number of nitrogens with zero attached hydrogens (tertiary/aromatic N) is 1. The zero-order chi connectivity index (χ0) is 10.5. The number of carboxylic acids is 1. The number of aliphatic carboxylic acids is 1. The number of hydrogen-bond acceptors (Lipinski definition) is 2. The number of carboxylic acid groups (broad SMARTS) is 1. The third-order valence-corrected chi connectivity index (χ3v) is 1.80. The van der Waals surface area contributed by atoms with Gasteiger partial charge in [0.05, 0.1) is 6.54 Å². The van der Waals surface area contributed by atoms with Crippen LogP contribution < -0.4 is 0 Å². The summed E-state index contributed by atoms with van der Waals surface area (Å²) in [6.45, 7) is 6.61. The maximum Gasteiger partial charge on any atom is 0.317 e. The zero-order valence-corrected chi connectivity index (χ0v) is 8.50. The Hall–Kier alpha value is -1.01. The summed E-state index contributed by atoms with van der Waals surface area (Å²) >= 11 is 0. The summed E-state index contributed by atoms with van der Waals surface area (Å²) in [5, 5.41) is 8.65. The monoisotopic (exact) mass is 183 g/mol. The highest BCUT2D eigenvalue weighted by Crippen LogP contribution is 2.12. The Kier molecular flexibility index (Phi) is 4.50. The van der Waals surface area contributed by atoms with Crippen molar-refractivity contribution in [2.45, 2.75) is 32.7 Å². The molecule has 3 nitrogen and oxygen atoms in total. The molecule has 0 aromatic rings. The molecule has 0 bridgehead atoms. The van der Waals surface area contributed by atoms with Gasteiger partial charge in [0.15, 0.2) is 0 Å². The van der Waals surface area contributed by atoms with Gasteiger partial charge in [-0.1, -0.05) is 0 Å². The molecule has 0 aliphatic rings. The van der Waals surface area contributed by atoms with E-state index in [4.69, 9.17) is 11.5 Å². The predicted octanol–water partition coefficient (Wildman–Crippen LogP) is 1.19. The lowest BCUT2D eigenvalue weighted by molar-refractivity contribution is -0.139. The van der Waals surface area contributed by atoms with E-state index in [-0.39, 0.29) is 12.1 Å². The highest BCUT2D eigenvalue weighted by atomic mass is 16.4. The minimum atomic E-state index is -0.813. The summed E-state index contributed by atoms with van der Waals surface area (Å²) in [7, 11) is 0. The van der Waals surface area contributed by atoms with E-state index in [1.165, 1.54) is 0 Å². The first-order valence-electron chi connectivity index (χ1n) is 4.28. The van der Waals surface area contributed by atoms with Crippen LogP contribution in [0.5, 0.6) is 0 Å². The van der Waals surface area contributed by atoms with Gasteiger partial charge >= 0.3 is 5.97 Å². The van der Waals surface area contributed by atoms with E-state index in [2.05, 4.69) is 5.92 Å². The van der Waals surface area contributed by atoms with E-state index >= 15 is 0 Å². The fourth-order valence-corrected chi connectivity index (χ4v) is 1.01. The first kappa shape index (κ1) is 12.0. The van der Waals surface area contributed by atoms with Gasteiger partial charge in [0.1, 0.15) is 0 Å². The Morgan fingerprint density at radius 2 is 2.08 bits per heavy atom. The maximum absolute atomic E-state index is 10.5. The van der Waals surface area contributed by atoms with Gasteiger partial charge in [0.2, 0.25) is 0 Å². The van der Waals surface area contributed by atoms with E-state index < -0.39 is 5.97 Å². The fraction of sp³-hybridized carbons (Fsp3) is 0.700. The maximum atomic E-state index is 10.5. The normalized spacial score (nSPS) is 11.3. The minimum Gasteiger partial charge on any atom is -0.480 e. The Bertz CT molecular complexity index is 210. The molecule has 3 heteroatoms. The topological polar surface area (TPSA) is 40.5 Å². The van der Waals surface area contributed by atoms with Crippen molar-refractivity contribution in [3.05, 3.63) is 0 Å². The van der Waals surface area contributed by atoms with Crippen molar-refractivity contribution in [3.8, 4) is 12.3 Å². The summed E-state index contributed by atoms with van der Waals surface area (Å²) in [5.74, 6) is 1.70. The summed E-state index contributed by atoms with van der Waals surface area (Å²) < 4.78 is 0. The summed E-state index contributed by atoms with van der Waals surface area (Å²) in [6, 6.07) is 0. The molecule has 0 aliphatic heterocycles. The van der Waals surface area contributed by atoms with Crippen molar-refractivity contribution in [1.82, 2.24) is 4.90 Å². The second-order valence-corrected chi connectivity index (χ2v) is 3.94. The third-order valence-electron chi connectivity index (χ3n) is 1.80. The van der Waals surface area contributed by atoms with Crippen molar-refractivity contribution in [2.75, 3.05) is 13.1 Å². The second-order valence-electron chi connectivity index (χ2n) is 3.94. The molecular formula is C10H17NO2. The predicted molar refractivity (Wildman–Crippen MR) is 52.4 cm³/mol. The second kappa shape index (κ2) is 4.88. The molecule has 0 rings (SSSR count). The standard InChI is InChI=1S/C10H17NO2/c1-5-6-7-11(8-9(12)13)10(2,3)4/h1H,6-8H2,2-4H3,(H,12,13). The van der Waals surface area contributed by atoms with Crippen molar-refractivity contribution < 1.29 is 9.90 Å². The molecule has 74 valence electrons. The molecule has 1 N–H and O–H groups in total. The average Bonchev–Trinajstić information content (AvgIpc) is 1.95. The van der Waals surface area contributed by atoms with Gasteiger partial charge in [-0.3, -0.25) is 9.69 Å². The molecule has 0 fully saturated rings. The van der Waals surface area contributed by atoms with Crippen LogP contribution in [0.2, 0.25) is 0 Å². The van der Waals surface area contributed by atoms with Gasteiger partial charge in [0, 0.05) is 18.5 Å². The third kappa shape index (κ3) is 5.26. The van der Waals surface area contributed by atoms with Crippen LogP contribution in [0.15, 0.2) is 0 Å². The van der Waals surface area contributed by atoms with Crippen LogP contribution >= 0.6 is 0 Å². The van der Waals surface area contributed by atoms with Crippen LogP contribution in [-0.2, 0) is 4.79 Å². The Morgan fingerprint density at radius 3 is 2.38 bits per heavy atom. The largest absolute Gasteiger partial charge is 0.480 e. The molecule has 0 aromatic carbocycles. The zero-order valence-electron chi connectivity index (χ0n) is 8.50. The molecule has 0 saturated carbocycles. The summed E-state index contributed by atoms with van der Waals surface area (Å²) in [5.41, 5.74) is -0.144. The minimum absolute atomic E-state index is 0.0468. The van der Waals surface area contributed by atoms with Crippen LogP contribution in [-0.4, -0.2) is 34.6 Å². The number of terminal acetylenes is 1. The molecule has 0 saturated heterocycles. The van der Waals surface area contributed by atoms with Gasteiger partial charge < -0.3 is 5.11 Å². The Morgan fingerprint density at radius 1 is 1.54 bits per heavy atom. The van der Waals surface area contributed by atoms with Crippen molar-refractivity contribution in [1.29, 1.82) is 0 Å². The molecule has 0 spiro atoms. The Balaban J connectivity index is 4.21. The van der Waals surface area contributed by atoms with E-state index in [1.54, 1.807) is 0 Å². The van der Waals surface area contributed by atoms with Gasteiger partial charge in [-0.05, 0) is 20.8 Å². The molecule has 0 aromatic heterocycles. The van der Waals surface area contributed by atoms with E-state index in [0.717, 1.165) is 0 Å². The first-order chi connectivity index (χ1) is 5.88. The van der Waals surface area contributed by atoms with Crippen LogP contribution in [0, 0.1) is 12.3 Å². The smallest absolute Gasteiger partial charge is 0.317 e. The molecule has 0 aliphatic carbocycles. The van der Waals surface area contributed by atoms with Gasteiger partial charge in [-0.15, -0.1) is 12.3 Å². The number of carbonyl (C=O) groups is 1. The highest BCUT2D eigenvalue weighted by molar-refractivity contribution is 5.69. The lowest BCUT2D eigenvalue weighted by Gasteiger charge is -2.33. The molecule has 13 heavy (non-hydrogen) atoms. The lowest BCUT2D eigenvalue weighted by atomic mass is 10.1. The van der Waals surface area contributed by atoms with Gasteiger partial charge in [-0.25, -0.2) is 0 Å². The molecule has 0 atom stereocenters. The molecule has 0 amide bonds. The fourth-order valence-electron chi connectivity index (χ4n) is 1.01. The van der Waals surface area contributed by atoms with Gasteiger partial charge in [0.25, 0.3) is 0 Å². The van der Waals surface area contributed by atoms with E-state index in [0.29, 0.717) is 13.0 Å². The van der Waals surface area contributed by atoms with Crippen molar-refractivity contribution in [3.63, 3.8) is 0 Å². The Labute approximate surface area is 79.7 Å². The van der Waals surface area contributed by atoms with Crippen LogP contribution in [0.25, 0.3) is 0 Å². The van der Waals surface area contributed by atoms with E-state index in [1.807, 2.05) is 25.7 Å². The molecule has 0 heterocycles. The van der Waals surface area contributed by atoms with Crippen molar-refractivity contribution in [2.24, 2.45) is 0 Å².